The van der Waals surface area contributed by atoms with Gasteiger partial charge in [-0.2, -0.15) is 5.10 Å². The molecule has 0 fully saturated rings. The van der Waals surface area contributed by atoms with Gasteiger partial charge in [0.2, 0.25) is 0 Å². The maximum Gasteiger partial charge on any atom is 0.154 e. The van der Waals surface area contributed by atoms with Crippen molar-refractivity contribution < 1.29 is 4.79 Å². The molecule has 0 bridgehead atoms. The molecule has 0 aliphatic carbocycles. The Morgan fingerprint density at radius 1 is 1.46 bits per heavy atom. The first-order valence-corrected chi connectivity index (χ1v) is 3.82. The molecular weight excluding hydrogens is 166 g/mol. The summed E-state index contributed by atoms with van der Waals surface area (Å²) in [6, 6.07) is 3.67. The van der Waals surface area contributed by atoms with Crippen LogP contribution in [0.25, 0.3) is 11.7 Å². The number of aldehydes is 1. The molecule has 4 heteroatoms. The van der Waals surface area contributed by atoms with Crippen LogP contribution in [0.2, 0.25) is 0 Å². The Bertz CT molecular complexity index is 459. The first-order chi connectivity index (χ1) is 6.42. The number of carbonyl (C=O) groups is 1. The average molecular weight is 173 g/mol. The van der Waals surface area contributed by atoms with E-state index in [0.717, 1.165) is 17.6 Å². The van der Waals surface area contributed by atoms with E-state index in [9.17, 15) is 4.79 Å². The molecule has 2 heterocycles. The number of rotatable bonds is 2. The van der Waals surface area contributed by atoms with E-state index in [1.165, 1.54) is 6.08 Å². The van der Waals surface area contributed by atoms with E-state index in [0.29, 0.717) is 0 Å². The lowest BCUT2D eigenvalue weighted by atomic mass is 10.4. The number of nitrogens with zero attached hydrogens (tertiary/aromatic N) is 3. The largest absolute Gasteiger partial charge is 0.299 e. The smallest absolute Gasteiger partial charge is 0.154 e. The zero-order valence-electron chi connectivity index (χ0n) is 6.79. The van der Waals surface area contributed by atoms with Crippen LogP contribution in [-0.4, -0.2) is 20.9 Å². The topological polar surface area (TPSA) is 47.3 Å². The summed E-state index contributed by atoms with van der Waals surface area (Å²) < 4.78 is 1.67. The van der Waals surface area contributed by atoms with Crippen LogP contribution in [0, 0.1) is 0 Å². The fourth-order valence-corrected chi connectivity index (χ4v) is 1.10. The van der Waals surface area contributed by atoms with Crippen molar-refractivity contribution in [2.45, 2.75) is 0 Å². The van der Waals surface area contributed by atoms with Gasteiger partial charge in [-0.1, -0.05) is 0 Å². The van der Waals surface area contributed by atoms with Gasteiger partial charge in [0, 0.05) is 6.20 Å². The highest BCUT2D eigenvalue weighted by molar-refractivity contribution is 5.73. The van der Waals surface area contributed by atoms with Crippen LogP contribution in [-0.2, 0) is 4.79 Å². The molecule has 0 amide bonds. The average Bonchev–Trinajstić information content (AvgIpc) is 2.58. The summed E-state index contributed by atoms with van der Waals surface area (Å²) in [5.41, 5.74) is 1.57. The monoisotopic (exact) mass is 173 g/mol. The third-order valence-electron chi connectivity index (χ3n) is 1.65. The molecule has 0 aliphatic rings. The molecular formula is C9H7N3O. The Morgan fingerprint density at radius 2 is 2.38 bits per heavy atom. The Labute approximate surface area is 74.5 Å². The molecule has 0 N–H and O–H groups in total. The van der Waals surface area contributed by atoms with Crippen molar-refractivity contribution in [3.8, 4) is 0 Å². The normalized spacial score (nSPS) is 11.1. The van der Waals surface area contributed by atoms with Crippen molar-refractivity contribution in [1.82, 2.24) is 14.6 Å². The number of imidazole rings is 1. The van der Waals surface area contributed by atoms with Crippen LogP contribution in [0.1, 0.15) is 5.69 Å². The number of carbonyl (C=O) groups excluding carboxylic acids is 1. The quantitative estimate of drug-likeness (QED) is 0.501. The van der Waals surface area contributed by atoms with Crippen molar-refractivity contribution in [3.05, 3.63) is 36.3 Å². The van der Waals surface area contributed by atoms with Gasteiger partial charge in [-0.05, 0) is 24.3 Å². The minimum absolute atomic E-state index is 0.725. The lowest BCUT2D eigenvalue weighted by Gasteiger charge is -1.91. The molecule has 2 aromatic heterocycles. The SMILES string of the molecule is O=CC=Cc1cnc2cccnn12. The van der Waals surface area contributed by atoms with Crippen LogP contribution in [0.15, 0.2) is 30.6 Å². The van der Waals surface area contributed by atoms with Crippen molar-refractivity contribution in [2.24, 2.45) is 0 Å². The van der Waals surface area contributed by atoms with E-state index in [1.807, 2.05) is 12.1 Å². The van der Waals surface area contributed by atoms with Crippen LogP contribution in [0.4, 0.5) is 0 Å². The zero-order valence-corrected chi connectivity index (χ0v) is 6.79. The fraction of sp³-hybridized carbons (Fsp3) is 0. The number of hydrogen-bond acceptors (Lipinski definition) is 3. The van der Waals surface area contributed by atoms with E-state index in [-0.39, 0.29) is 0 Å². The summed E-state index contributed by atoms with van der Waals surface area (Å²) in [7, 11) is 0. The Kier molecular flexibility index (Phi) is 1.88. The predicted molar refractivity (Wildman–Crippen MR) is 48.1 cm³/mol. The Morgan fingerprint density at radius 3 is 3.23 bits per heavy atom. The molecule has 13 heavy (non-hydrogen) atoms. The van der Waals surface area contributed by atoms with Gasteiger partial charge in [-0.15, -0.1) is 0 Å². The molecule has 0 atom stereocenters. The molecule has 0 aromatic carbocycles. The van der Waals surface area contributed by atoms with Crippen molar-refractivity contribution in [2.75, 3.05) is 0 Å². The van der Waals surface area contributed by atoms with Crippen LogP contribution in [0.5, 0.6) is 0 Å². The number of aromatic nitrogens is 3. The first kappa shape index (κ1) is 7.67. The minimum atomic E-state index is 0.725. The lowest BCUT2D eigenvalue weighted by molar-refractivity contribution is -0.104. The number of allylic oxidation sites excluding steroid dienone is 1. The molecule has 4 nitrogen and oxygen atoms in total. The summed E-state index contributed by atoms with van der Waals surface area (Å²) in [5, 5.41) is 4.08. The van der Waals surface area contributed by atoms with E-state index in [2.05, 4.69) is 10.1 Å². The molecule has 0 spiro atoms. The molecule has 2 aromatic rings. The Hall–Kier alpha value is -1.97. The van der Waals surface area contributed by atoms with Gasteiger partial charge in [-0.3, -0.25) is 4.79 Å². The minimum Gasteiger partial charge on any atom is -0.299 e. The van der Waals surface area contributed by atoms with Crippen molar-refractivity contribution in [3.63, 3.8) is 0 Å². The van der Waals surface area contributed by atoms with Crippen LogP contribution in [0.3, 0.4) is 0 Å². The number of fused-ring (bicyclic) bond motifs is 1. The van der Waals surface area contributed by atoms with Crippen molar-refractivity contribution in [1.29, 1.82) is 0 Å². The standard InChI is InChI=1S/C9H7N3O/c13-6-2-3-8-7-10-9-4-1-5-11-12(8)9/h1-7H. The van der Waals surface area contributed by atoms with Crippen LogP contribution >= 0.6 is 0 Å². The van der Waals surface area contributed by atoms with E-state index < -0.39 is 0 Å². The molecule has 0 radical (unpaired) electrons. The van der Waals surface area contributed by atoms with E-state index >= 15 is 0 Å². The second-order valence-corrected chi connectivity index (χ2v) is 2.47. The molecule has 0 aliphatic heterocycles. The molecule has 0 unspecified atom stereocenters. The van der Waals surface area contributed by atoms with Crippen molar-refractivity contribution >= 4 is 18.0 Å². The first-order valence-electron chi connectivity index (χ1n) is 3.82. The highest BCUT2D eigenvalue weighted by atomic mass is 16.1. The summed E-state index contributed by atoms with van der Waals surface area (Å²) in [6.45, 7) is 0. The summed E-state index contributed by atoms with van der Waals surface area (Å²) in [6.07, 6.45) is 7.15. The predicted octanol–water partition coefficient (Wildman–Crippen LogP) is 0.941. The molecule has 0 saturated heterocycles. The zero-order chi connectivity index (χ0) is 9.10. The fourth-order valence-electron chi connectivity index (χ4n) is 1.10. The number of hydrogen-bond donors (Lipinski definition) is 0. The summed E-state index contributed by atoms with van der Waals surface area (Å²) in [5.74, 6) is 0. The van der Waals surface area contributed by atoms with Crippen LogP contribution < -0.4 is 0 Å². The molecule has 2 rings (SSSR count). The van der Waals surface area contributed by atoms with Gasteiger partial charge in [0.15, 0.2) is 5.65 Å². The summed E-state index contributed by atoms with van der Waals surface area (Å²) >= 11 is 0. The van der Waals surface area contributed by atoms with Gasteiger partial charge in [0.25, 0.3) is 0 Å². The second-order valence-electron chi connectivity index (χ2n) is 2.47. The third-order valence-corrected chi connectivity index (χ3v) is 1.65. The third kappa shape index (κ3) is 1.33. The second kappa shape index (κ2) is 3.18. The van der Waals surface area contributed by atoms with Gasteiger partial charge in [-0.25, -0.2) is 9.50 Å². The molecule has 0 saturated carbocycles. The molecule has 64 valence electrons. The lowest BCUT2D eigenvalue weighted by Crippen LogP contribution is -1.91. The van der Waals surface area contributed by atoms with Gasteiger partial charge < -0.3 is 0 Å². The highest BCUT2D eigenvalue weighted by Crippen LogP contribution is 2.04. The summed E-state index contributed by atoms with van der Waals surface area (Å²) in [4.78, 5) is 14.2. The highest BCUT2D eigenvalue weighted by Gasteiger charge is 1.97. The van der Waals surface area contributed by atoms with E-state index in [1.54, 1.807) is 23.0 Å². The Balaban J connectivity index is 2.57. The maximum absolute atomic E-state index is 10.1. The van der Waals surface area contributed by atoms with Gasteiger partial charge in [0.05, 0.1) is 11.9 Å². The van der Waals surface area contributed by atoms with Gasteiger partial charge in [0.1, 0.15) is 6.29 Å². The maximum atomic E-state index is 10.1. The van der Waals surface area contributed by atoms with Gasteiger partial charge >= 0.3 is 0 Å². The van der Waals surface area contributed by atoms with E-state index in [4.69, 9.17) is 0 Å².